The first kappa shape index (κ1) is 18.4. The fraction of sp³-hybridized carbons (Fsp3) is 0.333. The van der Waals surface area contributed by atoms with Gasteiger partial charge in [0, 0.05) is 30.5 Å². The quantitative estimate of drug-likeness (QED) is 0.596. The van der Waals surface area contributed by atoms with Crippen LogP contribution in [0, 0.1) is 0 Å². The zero-order chi connectivity index (χ0) is 20.9. The lowest BCUT2D eigenvalue weighted by Gasteiger charge is -2.25. The van der Waals surface area contributed by atoms with Gasteiger partial charge in [-0.05, 0) is 12.1 Å². The first-order chi connectivity index (χ1) is 15.2. The molecule has 3 aliphatic rings. The molecule has 0 radical (unpaired) electrons. The largest absolute Gasteiger partial charge is 0.489 e. The molecule has 10 heteroatoms. The summed E-state index contributed by atoms with van der Waals surface area (Å²) in [6.45, 7) is 2.34. The van der Waals surface area contributed by atoms with Crippen molar-refractivity contribution in [2.75, 3.05) is 31.7 Å². The number of nitrogens with one attached hydrogen (secondary N) is 1. The second kappa shape index (κ2) is 7.12. The van der Waals surface area contributed by atoms with E-state index in [0.717, 1.165) is 29.4 Å². The predicted molar refractivity (Wildman–Crippen MR) is 116 cm³/mol. The van der Waals surface area contributed by atoms with Crippen molar-refractivity contribution in [2.45, 2.75) is 19.0 Å². The van der Waals surface area contributed by atoms with Gasteiger partial charge in [0.1, 0.15) is 0 Å². The number of fused-ring (bicyclic) bond motifs is 5. The highest BCUT2D eigenvalue weighted by atomic mass is 35.5. The molecule has 1 unspecified atom stereocenters. The molecule has 3 aromatic rings. The molecule has 1 atom stereocenters. The van der Waals surface area contributed by atoms with Gasteiger partial charge in [0.2, 0.25) is 5.95 Å². The molecule has 2 aromatic carbocycles. The molecule has 160 valence electrons. The van der Waals surface area contributed by atoms with Crippen LogP contribution in [0.15, 0.2) is 29.3 Å². The van der Waals surface area contributed by atoms with Gasteiger partial charge in [-0.2, -0.15) is 0 Å². The maximum atomic E-state index is 6.55. The summed E-state index contributed by atoms with van der Waals surface area (Å²) in [5.74, 6) is 3.38. The van der Waals surface area contributed by atoms with E-state index in [4.69, 9.17) is 41.3 Å². The van der Waals surface area contributed by atoms with Crippen LogP contribution < -0.4 is 30.0 Å². The third-order valence-corrected chi connectivity index (χ3v) is 5.71. The van der Waals surface area contributed by atoms with Crippen LogP contribution >= 0.6 is 11.6 Å². The van der Waals surface area contributed by atoms with Crippen molar-refractivity contribution >= 4 is 34.5 Å². The summed E-state index contributed by atoms with van der Waals surface area (Å²) >= 11 is 6.55. The van der Waals surface area contributed by atoms with E-state index in [0.29, 0.717) is 60.4 Å². The highest BCUT2D eigenvalue weighted by Crippen LogP contribution is 2.43. The summed E-state index contributed by atoms with van der Waals surface area (Å²) in [6.07, 6.45) is 1.14. The van der Waals surface area contributed by atoms with Crippen LogP contribution in [-0.2, 0) is 0 Å². The van der Waals surface area contributed by atoms with E-state index < -0.39 is 6.17 Å². The highest BCUT2D eigenvalue weighted by Gasteiger charge is 2.29. The first-order valence-electron chi connectivity index (χ1n) is 10.2. The third kappa shape index (κ3) is 3.07. The highest BCUT2D eigenvalue weighted by molar-refractivity contribution is 6.32. The van der Waals surface area contributed by atoms with Crippen molar-refractivity contribution in [1.29, 1.82) is 0 Å². The Kier molecular flexibility index (Phi) is 4.24. The Labute approximate surface area is 182 Å². The standard InChI is InChI=1S/C21H20ClN5O4/c22-12-7-11(8-17-18(12)31-6-2-5-30-17)19-25-20(23)26-21-24-13-9-15-16(10-14(13)27(19)21)29-4-1-3-28-15/h7-10,19H,1-6H2,(H3,23,24,25,26). The van der Waals surface area contributed by atoms with Gasteiger partial charge < -0.3 is 24.7 Å². The van der Waals surface area contributed by atoms with Crippen LogP contribution in [0.2, 0.25) is 5.02 Å². The van der Waals surface area contributed by atoms with Crippen molar-refractivity contribution in [3.8, 4) is 23.0 Å². The Morgan fingerprint density at radius 1 is 0.935 bits per heavy atom. The summed E-state index contributed by atoms with van der Waals surface area (Å²) in [5, 5.41) is 3.52. The fourth-order valence-corrected chi connectivity index (χ4v) is 4.32. The number of hydrogen-bond donors (Lipinski definition) is 2. The molecule has 9 nitrogen and oxygen atoms in total. The number of aliphatic imine (C=N–C) groups is 1. The molecule has 0 aliphatic carbocycles. The van der Waals surface area contributed by atoms with E-state index in [-0.39, 0.29) is 5.96 Å². The average Bonchev–Trinajstić information content (AvgIpc) is 2.93. The zero-order valence-corrected chi connectivity index (χ0v) is 17.3. The number of anilines is 1. The van der Waals surface area contributed by atoms with Gasteiger partial charge >= 0.3 is 0 Å². The minimum atomic E-state index is -0.486. The van der Waals surface area contributed by atoms with Gasteiger partial charge in [-0.1, -0.05) is 11.6 Å². The van der Waals surface area contributed by atoms with Crippen LogP contribution in [0.5, 0.6) is 23.0 Å². The molecule has 3 aliphatic heterocycles. The van der Waals surface area contributed by atoms with E-state index in [9.17, 15) is 0 Å². The lowest BCUT2D eigenvalue weighted by Crippen LogP contribution is -2.31. The van der Waals surface area contributed by atoms with Crippen LogP contribution in [0.25, 0.3) is 11.0 Å². The maximum absolute atomic E-state index is 6.55. The number of benzene rings is 2. The van der Waals surface area contributed by atoms with Crippen LogP contribution in [0.4, 0.5) is 5.95 Å². The smallest absolute Gasteiger partial charge is 0.212 e. The number of nitrogens with two attached hydrogens (primary N) is 1. The molecule has 3 N–H and O–H groups in total. The number of aromatic nitrogens is 2. The molecule has 1 aromatic heterocycles. The Bertz CT molecular complexity index is 1220. The molecule has 0 spiro atoms. The summed E-state index contributed by atoms with van der Waals surface area (Å²) in [6, 6.07) is 7.55. The minimum absolute atomic E-state index is 0.269. The number of halogens is 1. The maximum Gasteiger partial charge on any atom is 0.212 e. The lowest BCUT2D eigenvalue weighted by molar-refractivity contribution is 0.296. The summed E-state index contributed by atoms with van der Waals surface area (Å²) in [4.78, 5) is 9.35. The van der Waals surface area contributed by atoms with E-state index >= 15 is 0 Å². The molecule has 0 fully saturated rings. The number of ether oxygens (including phenoxy) is 4. The number of hydrogen-bond acceptors (Lipinski definition) is 8. The third-order valence-electron chi connectivity index (χ3n) is 5.43. The predicted octanol–water partition coefficient (Wildman–Crippen LogP) is 3.30. The van der Waals surface area contributed by atoms with Gasteiger partial charge in [-0.15, -0.1) is 0 Å². The molecule has 31 heavy (non-hydrogen) atoms. The molecule has 4 heterocycles. The monoisotopic (exact) mass is 441 g/mol. The van der Waals surface area contributed by atoms with Crippen molar-refractivity contribution in [3.05, 3.63) is 34.9 Å². The van der Waals surface area contributed by atoms with E-state index in [1.165, 1.54) is 0 Å². The van der Waals surface area contributed by atoms with E-state index in [2.05, 4.69) is 10.3 Å². The Hall–Kier alpha value is -3.33. The average molecular weight is 442 g/mol. The lowest BCUT2D eigenvalue weighted by atomic mass is 10.1. The van der Waals surface area contributed by atoms with Crippen molar-refractivity contribution in [2.24, 2.45) is 10.7 Å². The molecule has 0 saturated heterocycles. The Balaban J connectivity index is 1.52. The fourth-order valence-electron chi connectivity index (χ4n) is 4.05. The second-order valence-corrected chi connectivity index (χ2v) is 7.94. The normalized spacial score (nSPS) is 19.6. The summed E-state index contributed by atoms with van der Waals surface area (Å²) < 4.78 is 25.3. The van der Waals surface area contributed by atoms with Gasteiger partial charge in [-0.25, -0.2) is 9.98 Å². The SMILES string of the molecule is NC1=NC(c2cc(Cl)c3c(c2)OCCCO3)n2c(nc3cc4c(cc32)OCCCO4)N1. The summed E-state index contributed by atoms with van der Waals surface area (Å²) in [5.41, 5.74) is 8.50. The van der Waals surface area contributed by atoms with Gasteiger partial charge in [0.25, 0.3) is 0 Å². The minimum Gasteiger partial charge on any atom is -0.489 e. The number of rotatable bonds is 1. The van der Waals surface area contributed by atoms with Crippen molar-refractivity contribution < 1.29 is 18.9 Å². The molecule has 0 saturated carbocycles. The number of imidazole rings is 1. The molecular formula is C21H20ClN5O4. The van der Waals surface area contributed by atoms with E-state index in [1.54, 1.807) is 0 Å². The van der Waals surface area contributed by atoms with Crippen LogP contribution in [-0.4, -0.2) is 41.9 Å². The van der Waals surface area contributed by atoms with Crippen molar-refractivity contribution in [3.63, 3.8) is 0 Å². The molecule has 6 rings (SSSR count). The zero-order valence-electron chi connectivity index (χ0n) is 16.6. The number of nitrogens with zero attached hydrogens (tertiary/aromatic N) is 3. The van der Waals surface area contributed by atoms with Crippen LogP contribution in [0.1, 0.15) is 24.6 Å². The van der Waals surface area contributed by atoms with Gasteiger partial charge in [0.15, 0.2) is 35.1 Å². The Morgan fingerprint density at radius 2 is 1.65 bits per heavy atom. The molecule has 0 amide bonds. The van der Waals surface area contributed by atoms with Crippen molar-refractivity contribution in [1.82, 2.24) is 9.55 Å². The van der Waals surface area contributed by atoms with Crippen LogP contribution in [0.3, 0.4) is 0 Å². The number of guanidine groups is 1. The summed E-state index contributed by atoms with van der Waals surface area (Å²) in [7, 11) is 0. The topological polar surface area (TPSA) is 105 Å². The second-order valence-electron chi connectivity index (χ2n) is 7.54. The molecule has 0 bridgehead atoms. The Morgan fingerprint density at radius 3 is 2.45 bits per heavy atom. The molecular weight excluding hydrogens is 422 g/mol. The van der Waals surface area contributed by atoms with Gasteiger partial charge in [-0.3, -0.25) is 9.88 Å². The first-order valence-corrected chi connectivity index (χ1v) is 10.6. The van der Waals surface area contributed by atoms with E-state index in [1.807, 2.05) is 28.8 Å². The van der Waals surface area contributed by atoms with Gasteiger partial charge in [0.05, 0.1) is 42.5 Å².